The predicted octanol–water partition coefficient (Wildman–Crippen LogP) is 4.47. The van der Waals surface area contributed by atoms with Gasteiger partial charge >= 0.3 is 11.9 Å². The molecule has 0 amide bonds. The first-order chi connectivity index (χ1) is 20.5. The third-order valence-electron chi connectivity index (χ3n) is 9.91. The van der Waals surface area contributed by atoms with Crippen molar-refractivity contribution in [1.29, 1.82) is 0 Å². The number of carboxylic acids is 2. The van der Waals surface area contributed by atoms with Gasteiger partial charge < -0.3 is 15.9 Å². The second-order valence-corrected chi connectivity index (χ2v) is 12.2. The summed E-state index contributed by atoms with van der Waals surface area (Å²) in [5, 5.41) is 37.1. The van der Waals surface area contributed by atoms with E-state index >= 15 is 0 Å². The minimum atomic E-state index is -1.78. The fourth-order valence-corrected chi connectivity index (χ4v) is 7.92. The predicted molar refractivity (Wildman–Crippen MR) is 161 cm³/mol. The van der Waals surface area contributed by atoms with Crippen LogP contribution in [0, 0.1) is 32.8 Å². The fourth-order valence-electron chi connectivity index (χ4n) is 7.92. The van der Waals surface area contributed by atoms with E-state index in [0.717, 1.165) is 11.1 Å². The number of nitro benzene ring substituents is 1. The Morgan fingerprint density at radius 2 is 1.51 bits per heavy atom. The summed E-state index contributed by atoms with van der Waals surface area (Å²) in [7, 11) is 0. The van der Waals surface area contributed by atoms with Crippen molar-refractivity contribution in [2.75, 3.05) is 13.1 Å². The fraction of sp³-hybridized carbons (Fsp3) is 0.394. The molecule has 2 fully saturated rings. The third-order valence-corrected chi connectivity index (χ3v) is 9.91. The van der Waals surface area contributed by atoms with Crippen molar-refractivity contribution in [1.82, 2.24) is 10.2 Å². The van der Waals surface area contributed by atoms with E-state index in [1.165, 1.54) is 18.2 Å². The molecule has 0 aromatic heterocycles. The molecule has 5 atom stereocenters. The Morgan fingerprint density at radius 1 is 0.953 bits per heavy atom. The highest BCUT2D eigenvalue weighted by atomic mass is 16.6. The summed E-state index contributed by atoms with van der Waals surface area (Å²) < 4.78 is 0. The molecule has 0 radical (unpaired) electrons. The van der Waals surface area contributed by atoms with E-state index in [1.54, 1.807) is 26.8 Å². The Bertz CT molecular complexity index is 1460. The molecular formula is C33H38N4O6. The smallest absolute Gasteiger partial charge is 0.313 e. The zero-order valence-electron chi connectivity index (χ0n) is 24.5. The number of rotatable bonds is 9. The van der Waals surface area contributed by atoms with Crippen molar-refractivity contribution in [3.05, 3.63) is 112 Å². The van der Waals surface area contributed by atoms with Gasteiger partial charge in [0.1, 0.15) is 5.41 Å². The maximum Gasteiger partial charge on any atom is 0.313 e. The lowest BCUT2D eigenvalue weighted by Crippen LogP contribution is -2.78. The van der Waals surface area contributed by atoms with E-state index in [9.17, 15) is 29.9 Å². The number of nitrogens with one attached hydrogen (secondary N) is 1. The average Bonchev–Trinajstić information content (AvgIpc) is 2.95. The molecule has 10 nitrogen and oxygen atoms in total. The highest BCUT2D eigenvalue weighted by molar-refractivity contribution is 5.85. The monoisotopic (exact) mass is 586 g/mol. The highest BCUT2D eigenvalue weighted by Crippen LogP contribution is 2.62. The molecule has 0 saturated carbocycles. The molecule has 3 aromatic rings. The zero-order valence-corrected chi connectivity index (χ0v) is 24.5. The van der Waals surface area contributed by atoms with Crippen LogP contribution in [0.3, 0.4) is 0 Å². The van der Waals surface area contributed by atoms with E-state index in [4.69, 9.17) is 5.73 Å². The van der Waals surface area contributed by atoms with Crippen LogP contribution < -0.4 is 11.1 Å². The largest absolute Gasteiger partial charge is 0.481 e. The maximum absolute atomic E-state index is 13.8. The van der Waals surface area contributed by atoms with Crippen LogP contribution in [0.5, 0.6) is 0 Å². The van der Waals surface area contributed by atoms with Gasteiger partial charge in [0.2, 0.25) is 0 Å². The minimum absolute atomic E-state index is 0.135. The Balaban J connectivity index is 1.67. The van der Waals surface area contributed by atoms with Gasteiger partial charge in [0, 0.05) is 43.1 Å². The maximum atomic E-state index is 13.8. The molecule has 0 spiro atoms. The number of non-ortho nitro benzene ring substituents is 1. The molecule has 43 heavy (non-hydrogen) atoms. The van der Waals surface area contributed by atoms with Crippen LogP contribution in [-0.4, -0.2) is 57.3 Å². The van der Waals surface area contributed by atoms with Gasteiger partial charge in [0.15, 0.2) is 0 Å². The molecule has 2 heterocycles. The summed E-state index contributed by atoms with van der Waals surface area (Å²) in [6, 6.07) is 24.8. The molecule has 2 aliphatic heterocycles. The van der Waals surface area contributed by atoms with Crippen LogP contribution in [0.1, 0.15) is 49.4 Å². The van der Waals surface area contributed by atoms with Crippen LogP contribution in [0.2, 0.25) is 0 Å². The number of nitrogens with zero attached hydrogens (tertiary/aromatic N) is 2. The van der Waals surface area contributed by atoms with E-state index < -0.39 is 57.7 Å². The molecule has 5 N–H and O–H groups in total. The topological polar surface area (TPSA) is 159 Å². The number of carboxylic acid groups (broad SMARTS) is 2. The summed E-state index contributed by atoms with van der Waals surface area (Å²) in [5.41, 5.74) is 5.36. The van der Waals surface area contributed by atoms with E-state index in [-0.39, 0.29) is 17.3 Å². The number of benzene rings is 3. The Morgan fingerprint density at radius 3 is 1.98 bits per heavy atom. The summed E-state index contributed by atoms with van der Waals surface area (Å²) >= 11 is 0. The SMILES string of the molecule is CC(C)C1(C(=O)O)C(N)NC(C)C(C(=O)O)(C2CN(C(c3ccccc3)c3ccccc3)C2)C1c1cccc([N+](=O)[O-])c1. The van der Waals surface area contributed by atoms with Crippen molar-refractivity contribution in [2.45, 2.75) is 44.9 Å². The van der Waals surface area contributed by atoms with Crippen LogP contribution in [-0.2, 0) is 9.59 Å². The lowest BCUT2D eigenvalue weighted by Gasteiger charge is -2.63. The summed E-state index contributed by atoms with van der Waals surface area (Å²) in [5.74, 6) is -4.65. The highest BCUT2D eigenvalue weighted by Gasteiger charge is 2.72. The molecule has 5 rings (SSSR count). The standard InChI is InChI=1S/C33H38N4O6/c1-20(2)32(30(38)39)28(24-15-10-16-26(17-24)37(42)43)33(31(40)41,21(3)35-29(32)34)25-18-36(19-25)27(22-11-6-4-7-12-22)23-13-8-5-9-14-23/h4-17,20-21,25,27-29,35H,18-19,34H2,1-3H3,(H,38,39)(H,40,41). The summed E-state index contributed by atoms with van der Waals surface area (Å²) in [6.45, 7) is 5.93. The van der Waals surface area contributed by atoms with Crippen molar-refractivity contribution in [3.63, 3.8) is 0 Å². The Kier molecular flexibility index (Phi) is 8.13. The van der Waals surface area contributed by atoms with E-state index in [0.29, 0.717) is 13.1 Å². The van der Waals surface area contributed by atoms with Gasteiger partial charge in [-0.3, -0.25) is 29.9 Å². The van der Waals surface area contributed by atoms with Gasteiger partial charge in [-0.1, -0.05) is 86.6 Å². The molecule has 10 heteroatoms. The van der Waals surface area contributed by atoms with Gasteiger partial charge in [-0.05, 0) is 29.5 Å². The molecular weight excluding hydrogens is 548 g/mol. The van der Waals surface area contributed by atoms with Crippen LogP contribution in [0.4, 0.5) is 5.69 Å². The third kappa shape index (κ3) is 4.70. The summed E-state index contributed by atoms with van der Waals surface area (Å²) in [6.07, 6.45) is -1.10. The first-order valence-electron chi connectivity index (χ1n) is 14.5. The number of nitro groups is 1. The average molecular weight is 587 g/mol. The van der Waals surface area contributed by atoms with Crippen LogP contribution in [0.25, 0.3) is 0 Å². The van der Waals surface area contributed by atoms with Gasteiger partial charge in [-0.2, -0.15) is 0 Å². The number of likely N-dealkylation sites (tertiary alicyclic amines) is 1. The number of hydrogen-bond donors (Lipinski definition) is 4. The zero-order chi connectivity index (χ0) is 31.1. The Labute approximate surface area is 250 Å². The van der Waals surface area contributed by atoms with Crippen LogP contribution in [0.15, 0.2) is 84.9 Å². The number of hydrogen-bond acceptors (Lipinski definition) is 7. The molecule has 0 aliphatic carbocycles. The molecule has 2 saturated heterocycles. The van der Waals surface area contributed by atoms with E-state index in [1.807, 2.05) is 60.7 Å². The minimum Gasteiger partial charge on any atom is -0.481 e. The molecule has 3 aromatic carbocycles. The van der Waals surface area contributed by atoms with Gasteiger partial charge in [-0.25, -0.2) is 0 Å². The van der Waals surface area contributed by atoms with Crippen molar-refractivity contribution in [3.8, 4) is 0 Å². The number of nitrogens with two attached hydrogens (primary N) is 1. The van der Waals surface area contributed by atoms with Crippen molar-refractivity contribution in [2.24, 2.45) is 28.4 Å². The van der Waals surface area contributed by atoms with Gasteiger partial charge in [0.05, 0.1) is 22.5 Å². The lowest BCUT2D eigenvalue weighted by molar-refractivity contribution is -0.385. The molecule has 5 unspecified atom stereocenters. The van der Waals surface area contributed by atoms with Crippen LogP contribution >= 0.6 is 0 Å². The summed E-state index contributed by atoms with van der Waals surface area (Å²) in [4.78, 5) is 40.6. The Hall–Kier alpha value is -4.12. The molecule has 0 bridgehead atoms. The van der Waals surface area contributed by atoms with Gasteiger partial charge in [0.25, 0.3) is 5.69 Å². The quantitative estimate of drug-likeness (QED) is 0.210. The second-order valence-electron chi connectivity index (χ2n) is 12.2. The number of piperidine rings is 1. The second kappa shape index (κ2) is 11.5. The first kappa shape index (κ1) is 30.3. The van der Waals surface area contributed by atoms with Crippen molar-refractivity contribution < 1.29 is 24.7 Å². The van der Waals surface area contributed by atoms with Gasteiger partial charge in [-0.15, -0.1) is 0 Å². The lowest BCUT2D eigenvalue weighted by atomic mass is 9.45. The molecule has 226 valence electrons. The number of aliphatic carboxylic acids is 2. The van der Waals surface area contributed by atoms with E-state index in [2.05, 4.69) is 10.2 Å². The molecule has 2 aliphatic rings. The first-order valence-corrected chi connectivity index (χ1v) is 14.5. The number of carbonyl (C=O) groups is 2. The van der Waals surface area contributed by atoms with Crippen molar-refractivity contribution >= 4 is 17.6 Å². The normalized spacial score (nSPS) is 28.0.